The molecule has 0 aliphatic heterocycles. The normalized spacial score (nSPS) is 13.7. The Labute approximate surface area is 128 Å². The van der Waals surface area contributed by atoms with E-state index in [0.29, 0.717) is 6.54 Å². The summed E-state index contributed by atoms with van der Waals surface area (Å²) in [4.78, 5) is 24.0. The van der Waals surface area contributed by atoms with Gasteiger partial charge in [0.15, 0.2) is 0 Å². The molecule has 1 aliphatic rings. The molecular formula is C16H20N4O2. The van der Waals surface area contributed by atoms with Crippen molar-refractivity contribution in [3.05, 3.63) is 51.7 Å². The molecule has 0 fully saturated rings. The standard InChI is InChI=1S/C16H20N4O2/c1-19-8-4-6-13(19)10-17-15(21)11-20-16(22)9-12-5-2-3-7-14(12)18-20/h4,6,8-9H,2-3,5,7,10-11H2,1H3,(H,17,21). The number of nitrogens with zero attached hydrogens (tertiary/aromatic N) is 3. The summed E-state index contributed by atoms with van der Waals surface area (Å²) < 4.78 is 3.22. The maximum absolute atomic E-state index is 12.0. The summed E-state index contributed by atoms with van der Waals surface area (Å²) in [5.74, 6) is -0.202. The van der Waals surface area contributed by atoms with Crippen molar-refractivity contribution in [3.63, 3.8) is 0 Å². The minimum Gasteiger partial charge on any atom is -0.353 e. The number of hydrogen-bond donors (Lipinski definition) is 1. The van der Waals surface area contributed by atoms with Gasteiger partial charge in [-0.15, -0.1) is 0 Å². The molecule has 2 aromatic rings. The van der Waals surface area contributed by atoms with Crippen LogP contribution in [0, 0.1) is 0 Å². The second kappa shape index (κ2) is 6.17. The first-order chi connectivity index (χ1) is 10.6. The van der Waals surface area contributed by atoms with Crippen molar-refractivity contribution in [2.24, 2.45) is 7.05 Å². The molecule has 0 radical (unpaired) electrons. The summed E-state index contributed by atoms with van der Waals surface area (Å²) in [6, 6.07) is 5.51. The van der Waals surface area contributed by atoms with Crippen LogP contribution in [0.3, 0.4) is 0 Å². The lowest BCUT2D eigenvalue weighted by Crippen LogP contribution is -2.34. The number of rotatable bonds is 4. The molecule has 6 nitrogen and oxygen atoms in total. The van der Waals surface area contributed by atoms with Crippen molar-refractivity contribution < 1.29 is 4.79 Å². The lowest BCUT2D eigenvalue weighted by Gasteiger charge is -2.15. The van der Waals surface area contributed by atoms with E-state index in [2.05, 4.69) is 10.4 Å². The van der Waals surface area contributed by atoms with Gasteiger partial charge in [0.05, 0.1) is 12.2 Å². The first kappa shape index (κ1) is 14.6. The van der Waals surface area contributed by atoms with Crippen molar-refractivity contribution in [1.82, 2.24) is 19.7 Å². The molecule has 0 atom stereocenters. The monoisotopic (exact) mass is 300 g/mol. The number of nitrogens with one attached hydrogen (secondary N) is 1. The Balaban J connectivity index is 1.66. The summed E-state index contributed by atoms with van der Waals surface area (Å²) in [5, 5.41) is 7.18. The van der Waals surface area contributed by atoms with Gasteiger partial charge in [-0.05, 0) is 43.4 Å². The van der Waals surface area contributed by atoms with Crippen molar-refractivity contribution >= 4 is 5.91 Å². The van der Waals surface area contributed by atoms with Gasteiger partial charge in [-0.1, -0.05) is 0 Å². The summed E-state index contributed by atoms with van der Waals surface area (Å²) in [6.07, 6.45) is 5.93. The van der Waals surface area contributed by atoms with Gasteiger partial charge in [-0.25, -0.2) is 4.68 Å². The van der Waals surface area contributed by atoms with Crippen LogP contribution in [-0.2, 0) is 37.8 Å². The third kappa shape index (κ3) is 3.10. The highest BCUT2D eigenvalue weighted by molar-refractivity contribution is 5.75. The molecular weight excluding hydrogens is 280 g/mol. The quantitative estimate of drug-likeness (QED) is 0.907. The highest BCUT2D eigenvalue weighted by atomic mass is 16.2. The van der Waals surface area contributed by atoms with Gasteiger partial charge < -0.3 is 9.88 Å². The van der Waals surface area contributed by atoms with Crippen molar-refractivity contribution in [3.8, 4) is 0 Å². The molecule has 3 rings (SSSR count). The maximum Gasteiger partial charge on any atom is 0.267 e. The zero-order chi connectivity index (χ0) is 15.5. The third-order valence-corrected chi connectivity index (χ3v) is 4.09. The maximum atomic E-state index is 12.0. The van der Waals surface area contributed by atoms with Crippen LogP contribution in [0.1, 0.15) is 29.8 Å². The van der Waals surface area contributed by atoms with Crippen molar-refractivity contribution in [2.75, 3.05) is 0 Å². The van der Waals surface area contributed by atoms with Gasteiger partial charge in [0.1, 0.15) is 6.54 Å². The topological polar surface area (TPSA) is 68.9 Å². The number of hydrogen-bond acceptors (Lipinski definition) is 3. The smallest absolute Gasteiger partial charge is 0.267 e. The fraction of sp³-hybridized carbons (Fsp3) is 0.438. The van der Waals surface area contributed by atoms with E-state index in [-0.39, 0.29) is 18.0 Å². The molecule has 0 saturated heterocycles. The molecule has 0 saturated carbocycles. The van der Waals surface area contributed by atoms with Crippen LogP contribution < -0.4 is 10.9 Å². The van der Waals surface area contributed by atoms with Crippen LogP contribution in [0.2, 0.25) is 0 Å². The van der Waals surface area contributed by atoms with E-state index >= 15 is 0 Å². The van der Waals surface area contributed by atoms with Crippen LogP contribution >= 0.6 is 0 Å². The summed E-state index contributed by atoms with van der Waals surface area (Å²) in [5.41, 5.74) is 2.81. The first-order valence-electron chi connectivity index (χ1n) is 7.60. The SMILES string of the molecule is Cn1cccc1CNC(=O)Cn1nc2c(cc1=O)CCCC2. The molecule has 0 bridgehead atoms. The second-order valence-electron chi connectivity index (χ2n) is 5.71. The number of carbonyl (C=O) groups is 1. The van der Waals surface area contributed by atoms with Gasteiger partial charge in [-0.2, -0.15) is 5.10 Å². The molecule has 1 aliphatic carbocycles. The van der Waals surface area contributed by atoms with E-state index in [1.54, 1.807) is 6.07 Å². The predicted octanol–water partition coefficient (Wildman–Crippen LogP) is 0.777. The van der Waals surface area contributed by atoms with Crippen LogP contribution in [0.15, 0.2) is 29.2 Å². The Kier molecular flexibility index (Phi) is 4.09. The van der Waals surface area contributed by atoms with E-state index in [1.165, 1.54) is 4.68 Å². The van der Waals surface area contributed by atoms with Gasteiger partial charge in [0, 0.05) is 25.0 Å². The average molecular weight is 300 g/mol. The molecule has 22 heavy (non-hydrogen) atoms. The van der Waals surface area contributed by atoms with Gasteiger partial charge in [0.2, 0.25) is 5.91 Å². The molecule has 0 aromatic carbocycles. The molecule has 2 heterocycles. The lowest BCUT2D eigenvalue weighted by atomic mass is 9.97. The van der Waals surface area contributed by atoms with Crippen LogP contribution in [0.4, 0.5) is 0 Å². The Morgan fingerprint density at radius 1 is 1.36 bits per heavy atom. The molecule has 116 valence electrons. The summed E-state index contributed by atoms with van der Waals surface area (Å²) in [6.45, 7) is 0.415. The van der Waals surface area contributed by atoms with E-state index in [4.69, 9.17) is 0 Å². The molecule has 1 N–H and O–H groups in total. The number of carbonyl (C=O) groups excluding carboxylic acids is 1. The predicted molar refractivity (Wildman–Crippen MR) is 82.4 cm³/mol. The van der Waals surface area contributed by atoms with Gasteiger partial charge in [-0.3, -0.25) is 9.59 Å². The highest BCUT2D eigenvalue weighted by Gasteiger charge is 2.14. The van der Waals surface area contributed by atoms with E-state index in [9.17, 15) is 9.59 Å². The zero-order valence-corrected chi connectivity index (χ0v) is 12.7. The molecule has 2 aromatic heterocycles. The Bertz CT molecular complexity index is 745. The number of fused-ring (bicyclic) bond motifs is 1. The lowest BCUT2D eigenvalue weighted by molar-refractivity contribution is -0.122. The number of amides is 1. The highest BCUT2D eigenvalue weighted by Crippen LogP contribution is 2.16. The molecule has 0 spiro atoms. The molecule has 0 unspecified atom stereocenters. The number of aromatic nitrogens is 3. The molecule has 1 amide bonds. The fourth-order valence-corrected chi connectivity index (χ4v) is 2.78. The van der Waals surface area contributed by atoms with E-state index in [0.717, 1.165) is 42.6 Å². The average Bonchev–Trinajstić information content (AvgIpc) is 2.91. The second-order valence-corrected chi connectivity index (χ2v) is 5.71. The first-order valence-corrected chi connectivity index (χ1v) is 7.60. The summed E-state index contributed by atoms with van der Waals surface area (Å²) >= 11 is 0. The third-order valence-electron chi connectivity index (χ3n) is 4.09. The van der Waals surface area contributed by atoms with E-state index in [1.807, 2.05) is 29.9 Å². The fourth-order valence-electron chi connectivity index (χ4n) is 2.78. The van der Waals surface area contributed by atoms with Gasteiger partial charge in [0.25, 0.3) is 5.56 Å². The minimum atomic E-state index is -0.202. The Hall–Kier alpha value is -2.37. The minimum absolute atomic E-state index is 0.0312. The zero-order valence-electron chi connectivity index (χ0n) is 12.7. The van der Waals surface area contributed by atoms with Crippen LogP contribution in [0.5, 0.6) is 0 Å². The van der Waals surface area contributed by atoms with Crippen molar-refractivity contribution in [2.45, 2.75) is 38.8 Å². The van der Waals surface area contributed by atoms with E-state index < -0.39 is 0 Å². The molecule has 6 heteroatoms. The van der Waals surface area contributed by atoms with Crippen LogP contribution in [-0.4, -0.2) is 20.3 Å². The van der Waals surface area contributed by atoms with Crippen LogP contribution in [0.25, 0.3) is 0 Å². The summed E-state index contributed by atoms with van der Waals surface area (Å²) in [7, 11) is 1.93. The Morgan fingerprint density at radius 3 is 2.95 bits per heavy atom. The largest absolute Gasteiger partial charge is 0.353 e. The number of aryl methyl sites for hydroxylation is 3. The van der Waals surface area contributed by atoms with Crippen molar-refractivity contribution in [1.29, 1.82) is 0 Å². The van der Waals surface area contributed by atoms with Gasteiger partial charge >= 0.3 is 0 Å². The Morgan fingerprint density at radius 2 is 2.18 bits per heavy atom.